The molecule has 21 heavy (non-hydrogen) atoms. The van der Waals surface area contributed by atoms with Gasteiger partial charge in [-0.15, -0.1) is 11.8 Å². The minimum atomic E-state index is -0.311. The van der Waals surface area contributed by atoms with Gasteiger partial charge in [0.2, 0.25) is 5.91 Å². The van der Waals surface area contributed by atoms with Crippen LogP contribution in [0.3, 0.4) is 0 Å². The summed E-state index contributed by atoms with van der Waals surface area (Å²) in [6.45, 7) is 9.91. The van der Waals surface area contributed by atoms with Gasteiger partial charge >= 0.3 is 5.97 Å². The zero-order valence-corrected chi connectivity index (χ0v) is 14.1. The lowest BCUT2D eigenvalue weighted by Crippen LogP contribution is -2.25. The third-order valence-corrected chi connectivity index (χ3v) is 4.17. The zero-order chi connectivity index (χ0) is 16.0. The first-order valence-electron chi connectivity index (χ1n) is 7.01. The summed E-state index contributed by atoms with van der Waals surface area (Å²) in [6.07, 6.45) is 0. The normalized spacial score (nSPS) is 11.9. The zero-order valence-electron chi connectivity index (χ0n) is 13.3. The Hall–Kier alpha value is -1.49. The topological polar surface area (TPSA) is 55.4 Å². The van der Waals surface area contributed by atoms with Gasteiger partial charge in [-0.05, 0) is 45.7 Å². The van der Waals surface area contributed by atoms with Crippen molar-refractivity contribution in [3.05, 3.63) is 28.8 Å². The Morgan fingerprint density at radius 1 is 1.24 bits per heavy atom. The van der Waals surface area contributed by atoms with Gasteiger partial charge in [-0.3, -0.25) is 9.59 Å². The van der Waals surface area contributed by atoms with Gasteiger partial charge in [0.05, 0.1) is 17.6 Å². The molecule has 116 valence electrons. The minimum Gasteiger partial charge on any atom is -0.465 e. The van der Waals surface area contributed by atoms with E-state index >= 15 is 0 Å². The van der Waals surface area contributed by atoms with Crippen molar-refractivity contribution in [2.24, 2.45) is 0 Å². The Balaban J connectivity index is 2.63. The van der Waals surface area contributed by atoms with Crippen LogP contribution in [0.15, 0.2) is 12.1 Å². The minimum absolute atomic E-state index is 0.0978. The van der Waals surface area contributed by atoms with Crippen LogP contribution in [0.5, 0.6) is 0 Å². The first kappa shape index (κ1) is 17.6. The number of rotatable bonds is 6. The molecule has 1 amide bonds. The van der Waals surface area contributed by atoms with E-state index in [1.54, 1.807) is 13.8 Å². The molecule has 0 unspecified atom stereocenters. The first-order chi connectivity index (χ1) is 9.85. The summed E-state index contributed by atoms with van der Waals surface area (Å²) < 4.78 is 4.85. The lowest BCUT2D eigenvalue weighted by Gasteiger charge is -2.16. The number of esters is 1. The highest BCUT2D eigenvalue weighted by Crippen LogP contribution is 2.23. The van der Waals surface area contributed by atoms with Crippen molar-refractivity contribution < 1.29 is 14.3 Å². The number of thioether (sulfide) groups is 1. The molecular weight excluding hydrogens is 286 g/mol. The van der Waals surface area contributed by atoms with E-state index in [1.807, 2.05) is 32.9 Å². The Labute approximate surface area is 130 Å². The summed E-state index contributed by atoms with van der Waals surface area (Å²) in [5.41, 5.74) is 4.12. The SMILES string of the molecule is CCOC(=O)CS[C@@H](C)C(=O)Nc1c(C)cc(C)cc1C. The van der Waals surface area contributed by atoms with Crippen molar-refractivity contribution in [2.45, 2.75) is 39.9 Å². The van der Waals surface area contributed by atoms with E-state index in [0.717, 1.165) is 16.8 Å². The van der Waals surface area contributed by atoms with Crippen LogP contribution in [-0.4, -0.2) is 29.5 Å². The van der Waals surface area contributed by atoms with Crippen molar-refractivity contribution in [1.82, 2.24) is 0 Å². The van der Waals surface area contributed by atoms with Crippen molar-refractivity contribution >= 4 is 29.3 Å². The molecule has 1 atom stereocenters. The maximum atomic E-state index is 12.2. The highest BCUT2D eigenvalue weighted by atomic mass is 32.2. The number of ether oxygens (including phenoxy) is 1. The smallest absolute Gasteiger partial charge is 0.315 e. The molecular formula is C16H23NO3S. The average Bonchev–Trinajstić information content (AvgIpc) is 2.40. The highest BCUT2D eigenvalue weighted by molar-refractivity contribution is 8.01. The molecule has 4 nitrogen and oxygen atoms in total. The molecule has 1 aromatic rings. The van der Waals surface area contributed by atoms with E-state index in [-0.39, 0.29) is 22.9 Å². The highest BCUT2D eigenvalue weighted by Gasteiger charge is 2.17. The molecule has 0 fully saturated rings. The third kappa shape index (κ3) is 5.42. The van der Waals surface area contributed by atoms with E-state index in [4.69, 9.17) is 4.74 Å². The van der Waals surface area contributed by atoms with Crippen molar-refractivity contribution in [1.29, 1.82) is 0 Å². The Morgan fingerprint density at radius 2 is 1.81 bits per heavy atom. The van der Waals surface area contributed by atoms with Crippen LogP contribution >= 0.6 is 11.8 Å². The number of carbonyl (C=O) groups is 2. The number of amides is 1. The van der Waals surface area contributed by atoms with Gasteiger partial charge in [-0.2, -0.15) is 0 Å². The second-order valence-electron chi connectivity index (χ2n) is 5.02. The van der Waals surface area contributed by atoms with Gasteiger partial charge in [0.25, 0.3) is 0 Å². The second-order valence-corrected chi connectivity index (χ2v) is 6.35. The predicted octanol–water partition coefficient (Wildman–Crippen LogP) is 3.24. The van der Waals surface area contributed by atoms with Crippen molar-refractivity contribution in [3.63, 3.8) is 0 Å². The maximum Gasteiger partial charge on any atom is 0.315 e. The molecule has 0 aromatic heterocycles. The molecule has 0 aliphatic rings. The van der Waals surface area contributed by atoms with Crippen LogP contribution in [0.4, 0.5) is 5.69 Å². The molecule has 0 heterocycles. The third-order valence-electron chi connectivity index (χ3n) is 3.05. The number of carbonyl (C=O) groups excluding carboxylic acids is 2. The van der Waals surface area contributed by atoms with Crippen molar-refractivity contribution in [2.75, 3.05) is 17.7 Å². The fourth-order valence-corrected chi connectivity index (χ4v) is 2.75. The van der Waals surface area contributed by atoms with E-state index in [2.05, 4.69) is 5.32 Å². The van der Waals surface area contributed by atoms with Gasteiger partial charge in [0, 0.05) is 5.69 Å². The molecule has 0 radical (unpaired) electrons. The maximum absolute atomic E-state index is 12.2. The lowest BCUT2D eigenvalue weighted by atomic mass is 10.1. The Bertz CT molecular complexity index is 505. The fourth-order valence-electron chi connectivity index (χ4n) is 2.07. The van der Waals surface area contributed by atoms with Crippen LogP contribution in [-0.2, 0) is 14.3 Å². The summed E-state index contributed by atoms with van der Waals surface area (Å²) >= 11 is 1.28. The molecule has 0 saturated carbocycles. The van der Waals surface area contributed by atoms with Gasteiger partial charge in [-0.1, -0.05) is 17.7 Å². The van der Waals surface area contributed by atoms with E-state index in [9.17, 15) is 9.59 Å². The average molecular weight is 309 g/mol. The van der Waals surface area contributed by atoms with Gasteiger partial charge in [0.1, 0.15) is 0 Å². The number of hydrogen-bond acceptors (Lipinski definition) is 4. The molecule has 1 aromatic carbocycles. The van der Waals surface area contributed by atoms with E-state index in [0.29, 0.717) is 6.61 Å². The largest absolute Gasteiger partial charge is 0.465 e. The van der Waals surface area contributed by atoms with Crippen LogP contribution < -0.4 is 5.32 Å². The van der Waals surface area contributed by atoms with Gasteiger partial charge < -0.3 is 10.1 Å². The Morgan fingerprint density at radius 3 is 2.33 bits per heavy atom. The summed E-state index contributed by atoms with van der Waals surface area (Å²) in [5, 5.41) is 2.64. The van der Waals surface area contributed by atoms with E-state index < -0.39 is 0 Å². The number of aryl methyl sites for hydroxylation is 3. The molecule has 0 aliphatic heterocycles. The molecule has 0 aliphatic carbocycles. The van der Waals surface area contributed by atoms with E-state index in [1.165, 1.54) is 17.3 Å². The molecule has 0 saturated heterocycles. The number of anilines is 1. The number of hydrogen-bond donors (Lipinski definition) is 1. The van der Waals surface area contributed by atoms with Crippen LogP contribution in [0.2, 0.25) is 0 Å². The summed E-state index contributed by atoms with van der Waals surface area (Å²) in [6, 6.07) is 4.08. The lowest BCUT2D eigenvalue weighted by molar-refractivity contribution is -0.139. The molecule has 5 heteroatoms. The number of nitrogens with one attached hydrogen (secondary N) is 1. The monoisotopic (exact) mass is 309 g/mol. The second kappa shape index (κ2) is 8.08. The Kier molecular flexibility index (Phi) is 6.75. The summed E-state index contributed by atoms with van der Waals surface area (Å²) in [4.78, 5) is 23.5. The van der Waals surface area contributed by atoms with Gasteiger partial charge in [-0.25, -0.2) is 0 Å². The van der Waals surface area contributed by atoms with Crippen LogP contribution in [0, 0.1) is 20.8 Å². The molecule has 1 N–H and O–H groups in total. The summed E-state index contributed by atoms with van der Waals surface area (Å²) in [5.74, 6) is -0.196. The van der Waals surface area contributed by atoms with Crippen LogP contribution in [0.25, 0.3) is 0 Å². The fraction of sp³-hybridized carbons (Fsp3) is 0.500. The standard InChI is InChI=1S/C16H23NO3S/c1-6-20-14(18)9-21-13(5)16(19)17-15-11(3)7-10(2)8-12(15)4/h7-8,13H,6,9H2,1-5H3,(H,17,19)/t13-/m0/s1. The molecule has 1 rings (SSSR count). The van der Waals surface area contributed by atoms with Crippen molar-refractivity contribution in [3.8, 4) is 0 Å². The predicted molar refractivity (Wildman–Crippen MR) is 87.8 cm³/mol. The summed E-state index contributed by atoms with van der Waals surface area (Å²) in [7, 11) is 0. The molecule has 0 spiro atoms. The quantitative estimate of drug-likeness (QED) is 0.820. The van der Waals surface area contributed by atoms with Crippen LogP contribution in [0.1, 0.15) is 30.5 Å². The van der Waals surface area contributed by atoms with Gasteiger partial charge in [0.15, 0.2) is 0 Å². The molecule has 0 bridgehead atoms. The first-order valence-corrected chi connectivity index (χ1v) is 8.06. The number of benzene rings is 1.